The van der Waals surface area contributed by atoms with Gasteiger partial charge in [0.05, 0.1) is 17.9 Å². The standard InChI is InChI=1S/C11H16NO15P3/c1-6-10(27-30(21,22)23)8(3-13)7(2-12-6)4-24-11(14)9(26-29(18,19)20)5-25-28(15,16)17/h2-3,9H,4-5H2,1H3,(H2,15,16,17)(H2,18,19,20)(H2,21,22,23). The van der Waals surface area contributed by atoms with Gasteiger partial charge in [0.2, 0.25) is 0 Å². The normalized spacial score (nSPS) is 13.6. The molecular weight excluding hydrogens is 479 g/mol. The van der Waals surface area contributed by atoms with E-state index in [2.05, 4.69) is 23.3 Å². The largest absolute Gasteiger partial charge is 0.524 e. The molecule has 0 aliphatic rings. The summed E-state index contributed by atoms with van der Waals surface area (Å²) in [5, 5.41) is 0. The highest BCUT2D eigenvalue weighted by Crippen LogP contribution is 2.42. The van der Waals surface area contributed by atoms with E-state index in [1.807, 2.05) is 0 Å². The molecule has 0 fully saturated rings. The number of carbonyl (C=O) groups is 2. The fourth-order valence-electron chi connectivity index (χ4n) is 1.84. The van der Waals surface area contributed by atoms with Crippen LogP contribution in [0.5, 0.6) is 5.75 Å². The van der Waals surface area contributed by atoms with Crippen LogP contribution in [0.15, 0.2) is 6.20 Å². The molecule has 1 unspecified atom stereocenters. The van der Waals surface area contributed by atoms with Gasteiger partial charge in [-0.25, -0.2) is 18.5 Å². The smallest absolute Gasteiger partial charge is 0.459 e. The number of hydrogen-bond acceptors (Lipinski definition) is 10. The zero-order valence-electron chi connectivity index (χ0n) is 14.8. The van der Waals surface area contributed by atoms with Crippen LogP contribution in [0.1, 0.15) is 21.6 Å². The van der Waals surface area contributed by atoms with Crippen molar-refractivity contribution in [2.75, 3.05) is 6.61 Å². The van der Waals surface area contributed by atoms with Crippen LogP contribution < -0.4 is 4.52 Å². The van der Waals surface area contributed by atoms with Crippen LogP contribution in [-0.2, 0) is 38.9 Å². The summed E-state index contributed by atoms with van der Waals surface area (Å²) in [6, 6.07) is 0. The molecule has 30 heavy (non-hydrogen) atoms. The Kier molecular flexibility index (Phi) is 8.99. The van der Waals surface area contributed by atoms with Gasteiger partial charge < -0.3 is 28.8 Å². The number of aldehydes is 1. The van der Waals surface area contributed by atoms with E-state index in [-0.39, 0.29) is 17.5 Å². The number of nitrogens with zero attached hydrogens (tertiary/aromatic N) is 1. The van der Waals surface area contributed by atoms with Gasteiger partial charge in [0.25, 0.3) is 0 Å². The lowest BCUT2D eigenvalue weighted by atomic mass is 10.1. The maximum Gasteiger partial charge on any atom is 0.524 e. The number of rotatable bonds is 11. The van der Waals surface area contributed by atoms with Gasteiger partial charge in [0.15, 0.2) is 18.1 Å². The molecule has 1 rings (SSSR count). The molecule has 1 aromatic heterocycles. The van der Waals surface area contributed by atoms with Gasteiger partial charge in [0.1, 0.15) is 6.61 Å². The van der Waals surface area contributed by atoms with Crippen molar-refractivity contribution in [2.24, 2.45) is 0 Å². The number of hydrogen-bond donors (Lipinski definition) is 6. The molecule has 0 amide bonds. The molecule has 0 saturated carbocycles. The molecule has 0 saturated heterocycles. The molecule has 6 N–H and O–H groups in total. The topological polar surface area (TPSA) is 257 Å². The summed E-state index contributed by atoms with van der Waals surface area (Å²) in [5.74, 6) is -2.15. The molecule has 0 aromatic carbocycles. The number of pyridine rings is 1. The second kappa shape index (κ2) is 10.2. The molecule has 170 valence electrons. The number of aromatic nitrogens is 1. The van der Waals surface area contributed by atoms with Crippen molar-refractivity contribution in [3.05, 3.63) is 23.0 Å². The van der Waals surface area contributed by atoms with Crippen LogP contribution in [0.25, 0.3) is 0 Å². The van der Waals surface area contributed by atoms with Gasteiger partial charge >= 0.3 is 29.4 Å². The molecule has 19 heteroatoms. The predicted molar refractivity (Wildman–Crippen MR) is 91.7 cm³/mol. The van der Waals surface area contributed by atoms with Crippen molar-refractivity contribution in [1.29, 1.82) is 0 Å². The summed E-state index contributed by atoms with van der Waals surface area (Å²) < 4.78 is 49.8. The number of ether oxygens (including phenoxy) is 1. The van der Waals surface area contributed by atoms with Gasteiger partial charge in [0, 0.05) is 11.8 Å². The van der Waals surface area contributed by atoms with Crippen molar-refractivity contribution < 1.29 is 71.0 Å². The summed E-state index contributed by atoms with van der Waals surface area (Å²) >= 11 is 0. The first-order valence-corrected chi connectivity index (χ1v) is 11.9. The monoisotopic (exact) mass is 495 g/mol. The van der Waals surface area contributed by atoms with E-state index >= 15 is 0 Å². The Labute approximate surface area is 167 Å². The first-order valence-electron chi connectivity index (χ1n) is 7.32. The average molecular weight is 495 g/mol. The van der Waals surface area contributed by atoms with Crippen LogP contribution in [-0.4, -0.2) is 59.3 Å². The van der Waals surface area contributed by atoms with Crippen molar-refractivity contribution in [1.82, 2.24) is 4.98 Å². The van der Waals surface area contributed by atoms with Gasteiger partial charge in [-0.1, -0.05) is 0 Å². The Morgan fingerprint density at radius 2 is 1.70 bits per heavy atom. The van der Waals surface area contributed by atoms with Gasteiger partial charge in [-0.3, -0.25) is 28.6 Å². The minimum atomic E-state index is -5.32. The Bertz CT molecular complexity index is 930. The van der Waals surface area contributed by atoms with Gasteiger partial charge in [-0.05, 0) is 6.92 Å². The number of esters is 1. The van der Waals surface area contributed by atoms with Gasteiger partial charge in [-0.2, -0.15) is 0 Å². The predicted octanol–water partition coefficient (Wildman–Crippen LogP) is -0.696. The molecule has 0 bridgehead atoms. The number of aryl methyl sites for hydroxylation is 1. The van der Waals surface area contributed by atoms with Crippen molar-refractivity contribution in [3.8, 4) is 5.75 Å². The average Bonchev–Trinajstić information content (AvgIpc) is 2.55. The lowest BCUT2D eigenvalue weighted by Crippen LogP contribution is -2.30. The SMILES string of the molecule is Cc1ncc(COC(=O)C(COP(=O)(O)O)OP(=O)(O)O)c(C=O)c1OP(=O)(O)O. The molecule has 1 aromatic rings. The molecule has 0 aliphatic heterocycles. The summed E-state index contributed by atoms with van der Waals surface area (Å²) in [6.07, 6.45) is -1.16. The second-order valence-electron chi connectivity index (χ2n) is 5.29. The third kappa shape index (κ3) is 9.51. The van der Waals surface area contributed by atoms with Crippen LogP contribution in [0.2, 0.25) is 0 Å². The summed E-state index contributed by atoms with van der Waals surface area (Å²) in [7, 11) is -15.5. The lowest BCUT2D eigenvalue weighted by molar-refractivity contribution is -0.155. The summed E-state index contributed by atoms with van der Waals surface area (Å²) in [6.45, 7) is -0.862. The van der Waals surface area contributed by atoms with E-state index in [0.717, 1.165) is 6.20 Å². The summed E-state index contributed by atoms with van der Waals surface area (Å²) in [4.78, 5) is 79.8. The Hall–Kier alpha value is -1.54. The highest BCUT2D eigenvalue weighted by Gasteiger charge is 2.33. The number of phosphoric ester groups is 3. The van der Waals surface area contributed by atoms with E-state index in [0.29, 0.717) is 0 Å². The third-order valence-corrected chi connectivity index (χ3v) is 4.39. The molecule has 0 radical (unpaired) electrons. The van der Waals surface area contributed by atoms with Crippen LogP contribution in [0, 0.1) is 6.92 Å². The Morgan fingerprint density at radius 1 is 1.10 bits per heavy atom. The van der Waals surface area contributed by atoms with Gasteiger partial charge in [-0.15, -0.1) is 0 Å². The Morgan fingerprint density at radius 3 is 2.17 bits per heavy atom. The molecular formula is C11H16NO15P3. The fourth-order valence-corrected chi connectivity index (χ4v) is 3.11. The van der Waals surface area contributed by atoms with Crippen molar-refractivity contribution in [2.45, 2.75) is 19.6 Å². The molecule has 0 aliphatic carbocycles. The van der Waals surface area contributed by atoms with E-state index in [1.54, 1.807) is 0 Å². The molecule has 1 heterocycles. The highest BCUT2D eigenvalue weighted by atomic mass is 31.2. The lowest BCUT2D eigenvalue weighted by Gasteiger charge is -2.18. The van der Waals surface area contributed by atoms with E-state index in [1.165, 1.54) is 6.92 Å². The van der Waals surface area contributed by atoms with Crippen LogP contribution in [0.4, 0.5) is 0 Å². The second-order valence-corrected chi connectivity index (χ2v) is 8.89. The quantitative estimate of drug-likeness (QED) is 0.126. The van der Waals surface area contributed by atoms with Crippen molar-refractivity contribution >= 4 is 35.7 Å². The van der Waals surface area contributed by atoms with Crippen molar-refractivity contribution in [3.63, 3.8) is 0 Å². The molecule has 1 atom stereocenters. The maximum atomic E-state index is 12.0. The van der Waals surface area contributed by atoms with E-state index < -0.39 is 60.1 Å². The maximum absolute atomic E-state index is 12.0. The third-order valence-electron chi connectivity index (χ3n) is 2.95. The summed E-state index contributed by atoms with van der Waals surface area (Å²) in [5.41, 5.74) is -0.760. The molecule has 0 spiro atoms. The first-order chi connectivity index (χ1) is 13.5. The number of phosphoric acid groups is 3. The van der Waals surface area contributed by atoms with E-state index in [9.17, 15) is 23.3 Å². The van der Waals surface area contributed by atoms with E-state index in [4.69, 9.17) is 29.4 Å². The minimum absolute atomic E-state index is 0.0896. The highest BCUT2D eigenvalue weighted by molar-refractivity contribution is 7.47. The Balaban J connectivity index is 3.06. The van der Waals surface area contributed by atoms with Crippen LogP contribution in [0.3, 0.4) is 0 Å². The number of carbonyl (C=O) groups excluding carboxylic acids is 2. The fraction of sp³-hybridized carbons (Fsp3) is 0.364. The minimum Gasteiger partial charge on any atom is -0.459 e. The molecule has 16 nitrogen and oxygen atoms in total. The first kappa shape index (κ1) is 26.5. The van der Waals surface area contributed by atoms with Crippen LogP contribution >= 0.6 is 23.5 Å². The zero-order valence-corrected chi connectivity index (χ0v) is 17.5. The zero-order chi connectivity index (χ0) is 23.3.